The molecular formula is C29H31BN6O10S2. The van der Waals surface area contributed by atoms with E-state index in [0.717, 1.165) is 16.8 Å². The molecule has 4 heterocycles. The highest BCUT2D eigenvalue weighted by Crippen LogP contribution is 2.53. The van der Waals surface area contributed by atoms with Gasteiger partial charge in [-0.1, -0.05) is 29.1 Å². The van der Waals surface area contributed by atoms with Gasteiger partial charge in [0.15, 0.2) is 11.5 Å². The average Bonchev–Trinajstić information content (AvgIpc) is 3.77. The molecular weight excluding hydrogens is 667 g/mol. The maximum atomic E-state index is 13.7. The lowest BCUT2D eigenvalue weighted by molar-refractivity contribution is -0.160. The molecule has 1 aromatic heterocycles. The quantitative estimate of drug-likeness (QED) is 0.0550. The predicted molar refractivity (Wildman–Crippen MR) is 170 cm³/mol. The second-order valence-corrected chi connectivity index (χ2v) is 13.6. The number of methoxy groups -OCH3 is 1. The third kappa shape index (κ3) is 6.88. The van der Waals surface area contributed by atoms with Gasteiger partial charge in [-0.15, -0.1) is 11.3 Å². The number of hydrogen-bond acceptors (Lipinski definition) is 15. The first-order valence-corrected chi connectivity index (χ1v) is 16.4. The van der Waals surface area contributed by atoms with Crippen LogP contribution < -0.4 is 10.6 Å². The summed E-state index contributed by atoms with van der Waals surface area (Å²) in [6, 6.07) is 6.17. The zero-order valence-corrected chi connectivity index (χ0v) is 27.8. The van der Waals surface area contributed by atoms with Crippen molar-refractivity contribution in [3.8, 4) is 5.75 Å². The van der Waals surface area contributed by atoms with Crippen molar-refractivity contribution in [2.24, 2.45) is 16.9 Å². The van der Waals surface area contributed by atoms with Crippen LogP contribution in [0.15, 0.2) is 34.8 Å². The lowest BCUT2D eigenvalue weighted by atomic mass is 9.90. The molecule has 3 saturated heterocycles. The lowest BCUT2D eigenvalue weighted by Crippen LogP contribution is -2.60. The van der Waals surface area contributed by atoms with Gasteiger partial charge in [-0.25, -0.2) is 20.4 Å². The first-order valence-electron chi connectivity index (χ1n) is 14.6. The van der Waals surface area contributed by atoms with Crippen molar-refractivity contribution in [3.63, 3.8) is 0 Å². The van der Waals surface area contributed by atoms with Crippen LogP contribution in [0.4, 0.5) is 4.79 Å². The first kappa shape index (κ1) is 34.8. The first-order chi connectivity index (χ1) is 22.9. The molecule has 3 amide bonds. The van der Waals surface area contributed by atoms with Gasteiger partial charge in [-0.3, -0.25) is 29.1 Å². The molecule has 252 valence electrons. The van der Waals surface area contributed by atoms with Crippen molar-refractivity contribution in [3.05, 3.63) is 45.9 Å². The number of nitrogens with zero attached hydrogens (tertiary/aromatic N) is 5. The van der Waals surface area contributed by atoms with Gasteiger partial charge in [0.05, 0.1) is 42.9 Å². The maximum absolute atomic E-state index is 13.7. The highest BCUT2D eigenvalue weighted by atomic mass is 32.2. The van der Waals surface area contributed by atoms with Gasteiger partial charge < -0.3 is 23.9 Å². The number of thiazole rings is 1. The molecule has 1 unspecified atom stereocenters. The summed E-state index contributed by atoms with van der Waals surface area (Å²) in [4.78, 5) is 88.3. The third-order valence-corrected chi connectivity index (χ3v) is 10.4. The Kier molecular flexibility index (Phi) is 10.4. The summed E-state index contributed by atoms with van der Waals surface area (Å²) < 4.78 is 15.0. The normalized spacial score (nSPS) is 22.6. The minimum Gasteiger partial charge on any atom is -0.541 e. The van der Waals surface area contributed by atoms with E-state index in [4.69, 9.17) is 28.2 Å². The number of ether oxygens (including phenoxy) is 2. The Bertz CT molecular complexity index is 1650. The fourth-order valence-electron chi connectivity index (χ4n) is 5.44. The molecule has 0 aliphatic carbocycles. The van der Waals surface area contributed by atoms with Crippen LogP contribution in [-0.2, 0) is 44.8 Å². The maximum Gasteiger partial charge on any atom is 0.378 e. The second kappa shape index (κ2) is 14.3. The van der Waals surface area contributed by atoms with E-state index in [1.165, 1.54) is 35.2 Å². The Labute approximate surface area is 284 Å². The average molecular weight is 699 g/mol. The van der Waals surface area contributed by atoms with Gasteiger partial charge >= 0.3 is 26.0 Å². The Hall–Kier alpha value is -4.49. The zero-order chi connectivity index (χ0) is 34.7. The number of rotatable bonds is 14. The van der Waals surface area contributed by atoms with Gasteiger partial charge in [0, 0.05) is 18.3 Å². The molecule has 0 saturated carbocycles. The van der Waals surface area contributed by atoms with Gasteiger partial charge in [0.1, 0.15) is 23.8 Å². The van der Waals surface area contributed by atoms with E-state index in [9.17, 15) is 28.8 Å². The van der Waals surface area contributed by atoms with Crippen LogP contribution in [0.5, 0.6) is 5.75 Å². The number of aromatic nitrogens is 1. The molecule has 0 bridgehead atoms. The molecule has 4 atom stereocenters. The number of β-lactam (4-membered cyclic amide) rings is 1. The van der Waals surface area contributed by atoms with Crippen LogP contribution in [0.25, 0.3) is 0 Å². The fourth-order valence-corrected chi connectivity index (χ4v) is 7.77. The number of Topliss-reactive ketones (excluding diaryl/α,β-unsaturated/α-hetero) is 2. The molecule has 19 heteroatoms. The number of urea groups is 1. The van der Waals surface area contributed by atoms with Gasteiger partial charge in [-0.05, 0) is 31.5 Å². The number of carbonyl (C=O) groups excluding carboxylic acids is 6. The number of hydrazine groups is 1. The Morgan fingerprint density at radius 2 is 1.92 bits per heavy atom. The number of oxime groups is 1. The highest BCUT2D eigenvalue weighted by molar-refractivity contribution is 8.02. The number of esters is 1. The minimum atomic E-state index is -1.66. The monoisotopic (exact) mass is 698 g/mol. The predicted octanol–water partition coefficient (Wildman–Crippen LogP) is 0.697. The Morgan fingerprint density at radius 3 is 2.50 bits per heavy atom. The van der Waals surface area contributed by atoms with Crippen molar-refractivity contribution in [1.29, 1.82) is 0 Å². The summed E-state index contributed by atoms with van der Waals surface area (Å²) in [6.07, 6.45) is -2.22. The van der Waals surface area contributed by atoms with E-state index in [1.54, 1.807) is 36.6 Å². The molecule has 16 nitrogen and oxygen atoms in total. The second-order valence-electron chi connectivity index (χ2n) is 11.2. The summed E-state index contributed by atoms with van der Waals surface area (Å²) in [5.74, 6) is 2.15. The fraction of sp³-hybridized carbons (Fsp3) is 0.448. The Morgan fingerprint density at radius 1 is 1.19 bits per heavy atom. The Balaban J connectivity index is 1.32. The molecule has 0 spiro atoms. The molecule has 1 aromatic carbocycles. The summed E-state index contributed by atoms with van der Waals surface area (Å²) in [7, 11) is 6.75. The number of nitrogens with two attached hydrogens (primary N) is 1. The summed E-state index contributed by atoms with van der Waals surface area (Å²) >= 11 is 2.21. The van der Waals surface area contributed by atoms with Gasteiger partial charge in [0.2, 0.25) is 16.9 Å². The zero-order valence-electron chi connectivity index (χ0n) is 26.2. The van der Waals surface area contributed by atoms with Crippen molar-refractivity contribution >= 4 is 72.3 Å². The van der Waals surface area contributed by atoms with E-state index < -0.39 is 51.9 Å². The van der Waals surface area contributed by atoms with Crippen LogP contribution >= 0.6 is 23.1 Å². The van der Waals surface area contributed by atoms with Crippen LogP contribution in [0.3, 0.4) is 0 Å². The van der Waals surface area contributed by atoms with Crippen molar-refractivity contribution in [2.75, 3.05) is 26.7 Å². The molecule has 2 aromatic rings. The number of hydrogen-bond donors (Lipinski definition) is 1. The smallest absolute Gasteiger partial charge is 0.378 e. The largest absolute Gasteiger partial charge is 0.541 e. The molecule has 3 fully saturated rings. The van der Waals surface area contributed by atoms with Crippen LogP contribution in [0, 0.1) is 12.8 Å². The highest BCUT2D eigenvalue weighted by Gasteiger charge is 2.66. The minimum absolute atomic E-state index is 0.0943. The number of thioether (sulfide) groups is 1. The van der Waals surface area contributed by atoms with Crippen LogP contribution in [-0.4, -0.2) is 112 Å². The van der Waals surface area contributed by atoms with E-state index in [0.29, 0.717) is 16.3 Å². The van der Waals surface area contributed by atoms with E-state index >= 15 is 0 Å². The van der Waals surface area contributed by atoms with E-state index in [2.05, 4.69) is 14.8 Å². The van der Waals surface area contributed by atoms with Gasteiger partial charge in [0.25, 0.3) is 0 Å². The molecule has 5 rings (SSSR count). The van der Waals surface area contributed by atoms with Crippen LogP contribution in [0.1, 0.15) is 36.0 Å². The summed E-state index contributed by atoms with van der Waals surface area (Å²) in [6.45, 7) is 2.89. The number of carbonyl (C=O) groups is 6. The SMILES string of the molecule is [B]OC(=O)[C@@]1(N2CCN(N)C2=O)CN2C(=O)C(CC(=O)/C(=N\O[C@@H](CC(C)=O)C(=O)OCc3ccc(OC)cc3)c3csc(C)n3)[C@H]2S1. The standard InChI is InChI=1S/C29H31BN6O10S2/c1-15(37)10-22(26(40)44-12-17-4-6-18(43-3)7-5-17)46-33-23(20-13-47-16(2)32-20)21(38)11-19-24(39)34-14-29(27(41)45-30,48-25(19)34)35-8-9-36(31)28(35)42/h4-7,13,19,22,25H,8-12,14,31H2,1-3H3/b33-23-/t19?,22-,25+,29+/m0/s1. The van der Waals surface area contributed by atoms with Crippen molar-refractivity contribution < 1.29 is 47.7 Å². The number of ketones is 2. The van der Waals surface area contributed by atoms with Crippen LogP contribution in [0.2, 0.25) is 0 Å². The van der Waals surface area contributed by atoms with Gasteiger partial charge in [-0.2, -0.15) is 0 Å². The third-order valence-electron chi connectivity index (χ3n) is 7.93. The molecule has 3 aliphatic rings. The number of aryl methyl sites for hydroxylation is 1. The summed E-state index contributed by atoms with van der Waals surface area (Å²) in [5, 5.41) is 6.41. The molecule has 2 N–H and O–H groups in total. The number of fused-ring (bicyclic) bond motifs is 1. The molecule has 48 heavy (non-hydrogen) atoms. The van der Waals surface area contributed by atoms with Crippen molar-refractivity contribution in [2.45, 2.75) is 49.6 Å². The van der Waals surface area contributed by atoms with E-state index in [-0.39, 0.29) is 56.3 Å². The van der Waals surface area contributed by atoms with E-state index in [1.807, 2.05) is 0 Å². The lowest BCUT2D eigenvalue weighted by Gasteiger charge is -2.40. The van der Waals surface area contributed by atoms with Crippen molar-refractivity contribution in [1.82, 2.24) is 19.8 Å². The molecule has 3 aliphatic heterocycles. The molecule has 2 radical (unpaired) electrons. The number of benzene rings is 1. The number of amides is 3. The summed E-state index contributed by atoms with van der Waals surface area (Å²) in [5.41, 5.74) is 0.529. The topological polar surface area (TPSA) is 200 Å².